The van der Waals surface area contributed by atoms with Crippen molar-refractivity contribution in [2.45, 2.75) is 33.7 Å². The van der Waals surface area contributed by atoms with Crippen LogP contribution in [0.25, 0.3) is 0 Å². The number of aliphatic imine (C=N–C) groups is 1. The first kappa shape index (κ1) is 23.5. The molecule has 0 bridgehead atoms. The molecule has 0 saturated heterocycles. The predicted molar refractivity (Wildman–Crippen MR) is 132 cm³/mol. The number of carbonyl (C=O) groups is 1. The molecule has 3 aromatic rings. The van der Waals surface area contributed by atoms with Crippen LogP contribution in [-0.4, -0.2) is 35.3 Å². The van der Waals surface area contributed by atoms with Gasteiger partial charge in [0, 0.05) is 23.3 Å². The first-order chi connectivity index (χ1) is 15.4. The molecule has 3 rings (SSSR count). The zero-order chi connectivity index (χ0) is 23.1. The molecule has 1 amide bonds. The van der Waals surface area contributed by atoms with E-state index in [4.69, 9.17) is 4.74 Å². The monoisotopic (exact) mass is 497 g/mol. The second kappa shape index (κ2) is 10.9. The third-order valence-electron chi connectivity index (χ3n) is 5.17. The van der Waals surface area contributed by atoms with E-state index in [0.717, 1.165) is 24.4 Å². The molecule has 7 nitrogen and oxygen atoms in total. The van der Waals surface area contributed by atoms with Crippen molar-refractivity contribution in [3.8, 4) is 5.75 Å². The van der Waals surface area contributed by atoms with E-state index >= 15 is 0 Å². The van der Waals surface area contributed by atoms with Gasteiger partial charge in [0.2, 0.25) is 5.96 Å². The highest BCUT2D eigenvalue weighted by Crippen LogP contribution is 2.23. The Morgan fingerprint density at radius 3 is 2.56 bits per heavy atom. The molecular weight excluding hydrogens is 470 g/mol. The van der Waals surface area contributed by atoms with Crippen LogP contribution in [0.5, 0.6) is 5.75 Å². The molecular formula is C24H28BrN5O2. The second-order valence-corrected chi connectivity index (χ2v) is 8.06. The largest absolute Gasteiger partial charge is 0.495 e. The number of guanidine groups is 1. The Morgan fingerprint density at radius 2 is 1.88 bits per heavy atom. The number of hydrogen-bond donors (Lipinski definition) is 2. The highest BCUT2D eigenvalue weighted by Gasteiger charge is 2.14. The van der Waals surface area contributed by atoms with Gasteiger partial charge in [-0.2, -0.15) is 5.10 Å². The molecule has 0 fully saturated rings. The first-order valence-corrected chi connectivity index (χ1v) is 11.3. The molecule has 2 N–H and O–H groups in total. The van der Waals surface area contributed by atoms with Crippen molar-refractivity contribution >= 4 is 33.5 Å². The van der Waals surface area contributed by atoms with Crippen LogP contribution in [-0.2, 0) is 13.0 Å². The van der Waals surface area contributed by atoms with Gasteiger partial charge in [-0.3, -0.25) is 19.8 Å². The van der Waals surface area contributed by atoms with Crippen LogP contribution in [0.2, 0.25) is 0 Å². The average Bonchev–Trinajstić information content (AvgIpc) is 3.07. The standard InChI is InChI=1S/C24H28BrN5O2/c1-5-30-17(3)18(16(2)29-30)14-15-26-24(27-21-12-8-9-13-22(21)32-4)28-23(31)19-10-6-7-11-20(19)25/h6-13H,5,14-15H2,1-4H3,(H2,26,27,28,31). The second-order valence-electron chi connectivity index (χ2n) is 7.20. The molecule has 32 heavy (non-hydrogen) atoms. The van der Waals surface area contributed by atoms with E-state index < -0.39 is 0 Å². The van der Waals surface area contributed by atoms with E-state index in [1.807, 2.05) is 54.1 Å². The number of amides is 1. The zero-order valence-electron chi connectivity index (χ0n) is 18.8. The predicted octanol–water partition coefficient (Wildman–Crippen LogP) is 4.73. The zero-order valence-corrected chi connectivity index (χ0v) is 20.4. The van der Waals surface area contributed by atoms with Crippen LogP contribution >= 0.6 is 15.9 Å². The molecule has 0 unspecified atom stereocenters. The molecule has 0 saturated carbocycles. The normalized spacial score (nSPS) is 11.3. The van der Waals surface area contributed by atoms with Gasteiger partial charge in [0.05, 0.1) is 24.1 Å². The van der Waals surface area contributed by atoms with Gasteiger partial charge in [-0.1, -0.05) is 24.3 Å². The number of benzene rings is 2. The number of para-hydroxylation sites is 2. The number of anilines is 1. The average molecular weight is 498 g/mol. The van der Waals surface area contributed by atoms with Gasteiger partial charge in [-0.15, -0.1) is 0 Å². The molecule has 0 spiro atoms. The molecule has 1 heterocycles. The van der Waals surface area contributed by atoms with E-state index in [9.17, 15) is 4.79 Å². The molecule has 0 aliphatic heterocycles. The highest BCUT2D eigenvalue weighted by atomic mass is 79.9. The third kappa shape index (κ3) is 5.56. The third-order valence-corrected chi connectivity index (χ3v) is 5.86. The Bertz CT molecular complexity index is 1120. The lowest BCUT2D eigenvalue weighted by Crippen LogP contribution is -2.36. The van der Waals surface area contributed by atoms with Crippen LogP contribution in [0.15, 0.2) is 58.0 Å². The first-order valence-electron chi connectivity index (χ1n) is 10.5. The maximum atomic E-state index is 12.9. The lowest BCUT2D eigenvalue weighted by atomic mass is 10.1. The van der Waals surface area contributed by atoms with Gasteiger partial charge in [0.1, 0.15) is 5.75 Å². The molecule has 0 aliphatic rings. The van der Waals surface area contributed by atoms with Gasteiger partial charge >= 0.3 is 0 Å². The van der Waals surface area contributed by atoms with Gasteiger partial charge in [-0.25, -0.2) is 0 Å². The minimum Gasteiger partial charge on any atom is -0.495 e. The number of nitrogens with zero attached hydrogens (tertiary/aromatic N) is 3. The van der Waals surface area contributed by atoms with Crippen molar-refractivity contribution in [1.82, 2.24) is 15.1 Å². The Labute approximate surface area is 197 Å². The van der Waals surface area contributed by atoms with Crippen LogP contribution in [0.4, 0.5) is 5.69 Å². The van der Waals surface area contributed by atoms with E-state index in [-0.39, 0.29) is 5.91 Å². The topological polar surface area (TPSA) is 80.5 Å². The summed E-state index contributed by atoms with van der Waals surface area (Å²) in [7, 11) is 1.61. The summed E-state index contributed by atoms with van der Waals surface area (Å²) in [5.74, 6) is 0.754. The molecule has 168 valence electrons. The van der Waals surface area contributed by atoms with Crippen LogP contribution in [0, 0.1) is 13.8 Å². The number of ether oxygens (including phenoxy) is 1. The summed E-state index contributed by atoms with van der Waals surface area (Å²) in [4.78, 5) is 17.6. The lowest BCUT2D eigenvalue weighted by molar-refractivity contribution is 0.0976. The summed E-state index contributed by atoms with van der Waals surface area (Å²) in [6.45, 7) is 7.49. The molecule has 0 radical (unpaired) electrons. The van der Waals surface area contributed by atoms with Gasteiger partial charge in [-0.05, 0) is 73.0 Å². The molecule has 8 heteroatoms. The number of nitrogens with one attached hydrogen (secondary N) is 2. The van der Waals surface area contributed by atoms with Crippen molar-refractivity contribution in [3.05, 3.63) is 75.5 Å². The van der Waals surface area contributed by atoms with Crippen molar-refractivity contribution in [2.75, 3.05) is 19.0 Å². The molecule has 2 aromatic carbocycles. The minimum atomic E-state index is -0.259. The number of rotatable bonds is 7. The lowest BCUT2D eigenvalue weighted by Gasteiger charge is -2.15. The summed E-state index contributed by atoms with van der Waals surface area (Å²) in [6, 6.07) is 14.8. The number of aryl methyl sites for hydroxylation is 2. The van der Waals surface area contributed by atoms with Gasteiger partial charge in [0.15, 0.2) is 0 Å². The van der Waals surface area contributed by atoms with E-state index in [2.05, 4.69) is 50.5 Å². The van der Waals surface area contributed by atoms with Gasteiger partial charge in [0.25, 0.3) is 5.91 Å². The minimum absolute atomic E-state index is 0.259. The Kier molecular flexibility index (Phi) is 8.05. The fourth-order valence-electron chi connectivity index (χ4n) is 3.49. The Hall–Kier alpha value is -3.13. The number of methoxy groups -OCH3 is 1. The smallest absolute Gasteiger partial charge is 0.259 e. The fourth-order valence-corrected chi connectivity index (χ4v) is 3.95. The van der Waals surface area contributed by atoms with Crippen LogP contribution in [0.1, 0.15) is 34.2 Å². The van der Waals surface area contributed by atoms with E-state index in [1.165, 1.54) is 5.56 Å². The van der Waals surface area contributed by atoms with Crippen molar-refractivity contribution in [1.29, 1.82) is 0 Å². The van der Waals surface area contributed by atoms with Crippen LogP contribution < -0.4 is 15.4 Å². The maximum Gasteiger partial charge on any atom is 0.259 e. The molecule has 0 atom stereocenters. The van der Waals surface area contributed by atoms with Gasteiger partial charge < -0.3 is 10.1 Å². The van der Waals surface area contributed by atoms with E-state index in [1.54, 1.807) is 13.2 Å². The number of halogens is 1. The number of aromatic nitrogens is 2. The van der Waals surface area contributed by atoms with Crippen LogP contribution in [0.3, 0.4) is 0 Å². The van der Waals surface area contributed by atoms with Crippen molar-refractivity contribution < 1.29 is 9.53 Å². The SMILES string of the molecule is CCn1nc(C)c(CCN=C(NC(=O)c2ccccc2Br)Nc2ccccc2OC)c1C. The van der Waals surface area contributed by atoms with E-state index in [0.29, 0.717) is 34.0 Å². The summed E-state index contributed by atoms with van der Waals surface area (Å²) < 4.78 is 8.14. The highest BCUT2D eigenvalue weighted by molar-refractivity contribution is 9.10. The summed E-state index contributed by atoms with van der Waals surface area (Å²) in [5, 5.41) is 10.7. The fraction of sp³-hybridized carbons (Fsp3) is 0.292. The summed E-state index contributed by atoms with van der Waals surface area (Å²) in [6.07, 6.45) is 0.722. The van der Waals surface area contributed by atoms with Crippen molar-refractivity contribution in [3.63, 3.8) is 0 Å². The quantitative estimate of drug-likeness (QED) is 0.365. The maximum absolute atomic E-state index is 12.9. The van der Waals surface area contributed by atoms with Crippen molar-refractivity contribution in [2.24, 2.45) is 4.99 Å². The summed E-state index contributed by atoms with van der Waals surface area (Å²) >= 11 is 3.43. The molecule has 1 aromatic heterocycles. The number of hydrogen-bond acceptors (Lipinski definition) is 4. The summed E-state index contributed by atoms with van der Waals surface area (Å²) in [5.41, 5.74) is 4.59. The Balaban J connectivity index is 1.83. The number of carbonyl (C=O) groups excluding carboxylic acids is 1. The molecule has 0 aliphatic carbocycles. The Morgan fingerprint density at radius 1 is 1.16 bits per heavy atom.